The lowest BCUT2D eigenvalue weighted by atomic mass is 10.2. The van der Waals surface area contributed by atoms with E-state index in [0.29, 0.717) is 6.54 Å². The Balaban J connectivity index is 1.52. The second kappa shape index (κ2) is 9.07. The molecule has 1 fully saturated rings. The van der Waals surface area contributed by atoms with E-state index in [2.05, 4.69) is 32.2 Å². The highest BCUT2D eigenvalue weighted by molar-refractivity contribution is 5.80. The van der Waals surface area contributed by atoms with Gasteiger partial charge >= 0.3 is 0 Å². The third-order valence-corrected chi connectivity index (χ3v) is 4.83. The zero-order valence-corrected chi connectivity index (χ0v) is 16.2. The van der Waals surface area contributed by atoms with Crippen molar-refractivity contribution in [3.63, 3.8) is 0 Å². The fourth-order valence-corrected chi connectivity index (χ4v) is 3.22. The summed E-state index contributed by atoms with van der Waals surface area (Å²) in [6, 6.07) is 14.7. The monoisotopic (exact) mass is 383 g/mol. The number of nitro benzene ring substituents is 1. The number of anilines is 1. The molecular weight excluding hydrogens is 358 g/mol. The SMILES string of the molecule is CN=C(NCc1ccc([N+](=O)[O-])cc1)N1CCN(c2ccc(OC)cc2)CC1. The first kappa shape index (κ1) is 19.5. The standard InChI is InChI=1S/C20H25N5O3/c1-21-20(22-15-16-3-5-18(6-4-16)25(26)27)24-13-11-23(12-14-24)17-7-9-19(28-2)10-8-17/h3-10H,11-15H2,1-2H3,(H,21,22). The summed E-state index contributed by atoms with van der Waals surface area (Å²) in [7, 11) is 3.44. The lowest BCUT2D eigenvalue weighted by Crippen LogP contribution is -2.52. The molecule has 2 aromatic rings. The van der Waals surface area contributed by atoms with E-state index in [4.69, 9.17) is 4.74 Å². The molecule has 0 saturated carbocycles. The van der Waals surface area contributed by atoms with Crippen molar-refractivity contribution in [3.8, 4) is 5.75 Å². The summed E-state index contributed by atoms with van der Waals surface area (Å²) >= 11 is 0. The average Bonchev–Trinajstić information content (AvgIpc) is 2.75. The van der Waals surface area contributed by atoms with Gasteiger partial charge in [0.25, 0.3) is 5.69 Å². The van der Waals surface area contributed by atoms with Crippen molar-refractivity contribution in [3.05, 3.63) is 64.2 Å². The summed E-state index contributed by atoms with van der Waals surface area (Å²) in [5.41, 5.74) is 2.26. The van der Waals surface area contributed by atoms with Crippen LogP contribution in [-0.2, 0) is 6.54 Å². The molecule has 0 aliphatic carbocycles. The van der Waals surface area contributed by atoms with Crippen LogP contribution in [0.25, 0.3) is 0 Å². The first-order valence-corrected chi connectivity index (χ1v) is 9.18. The Kier molecular flexibility index (Phi) is 6.31. The normalized spacial score (nSPS) is 14.7. The van der Waals surface area contributed by atoms with Crippen molar-refractivity contribution < 1.29 is 9.66 Å². The minimum Gasteiger partial charge on any atom is -0.497 e. The first-order valence-electron chi connectivity index (χ1n) is 9.18. The lowest BCUT2D eigenvalue weighted by Gasteiger charge is -2.37. The van der Waals surface area contributed by atoms with Gasteiger partial charge in [0.1, 0.15) is 5.75 Å². The van der Waals surface area contributed by atoms with Gasteiger partial charge in [0.2, 0.25) is 0 Å². The maximum absolute atomic E-state index is 10.7. The number of hydrogen-bond donors (Lipinski definition) is 1. The van der Waals surface area contributed by atoms with Gasteiger partial charge in [0, 0.05) is 57.6 Å². The first-order chi connectivity index (χ1) is 13.6. The molecule has 1 N–H and O–H groups in total. The topological polar surface area (TPSA) is 83.2 Å². The Bertz CT molecular complexity index is 813. The van der Waals surface area contributed by atoms with E-state index in [-0.39, 0.29) is 5.69 Å². The van der Waals surface area contributed by atoms with Gasteiger partial charge in [0.05, 0.1) is 12.0 Å². The molecular formula is C20H25N5O3. The predicted molar refractivity (Wildman–Crippen MR) is 110 cm³/mol. The number of aliphatic imine (C=N–C) groups is 1. The van der Waals surface area contributed by atoms with Gasteiger partial charge in [-0.2, -0.15) is 0 Å². The molecule has 3 rings (SSSR count). The highest BCUT2D eigenvalue weighted by Crippen LogP contribution is 2.20. The van der Waals surface area contributed by atoms with Gasteiger partial charge in [-0.25, -0.2) is 0 Å². The summed E-state index contributed by atoms with van der Waals surface area (Å²) in [4.78, 5) is 19.3. The van der Waals surface area contributed by atoms with Crippen molar-refractivity contribution in [2.45, 2.75) is 6.54 Å². The molecule has 28 heavy (non-hydrogen) atoms. The fraction of sp³-hybridized carbons (Fsp3) is 0.350. The minimum absolute atomic E-state index is 0.0998. The summed E-state index contributed by atoms with van der Waals surface area (Å²) in [5, 5.41) is 14.1. The molecule has 0 unspecified atom stereocenters. The largest absolute Gasteiger partial charge is 0.497 e. The molecule has 0 atom stereocenters. The molecule has 8 heteroatoms. The van der Waals surface area contributed by atoms with Gasteiger partial charge in [-0.15, -0.1) is 0 Å². The van der Waals surface area contributed by atoms with Gasteiger partial charge in [-0.05, 0) is 29.8 Å². The molecule has 0 radical (unpaired) electrons. The number of benzene rings is 2. The highest BCUT2D eigenvalue weighted by atomic mass is 16.6. The molecule has 1 aliphatic rings. The van der Waals surface area contributed by atoms with Gasteiger partial charge in [0.15, 0.2) is 5.96 Å². The van der Waals surface area contributed by atoms with Crippen molar-refractivity contribution in [2.24, 2.45) is 4.99 Å². The Morgan fingerprint density at radius 3 is 2.29 bits per heavy atom. The lowest BCUT2D eigenvalue weighted by molar-refractivity contribution is -0.384. The van der Waals surface area contributed by atoms with E-state index in [1.165, 1.54) is 17.8 Å². The molecule has 0 spiro atoms. The van der Waals surface area contributed by atoms with Gasteiger partial charge in [-0.1, -0.05) is 12.1 Å². The molecule has 0 aromatic heterocycles. The second-order valence-electron chi connectivity index (χ2n) is 6.50. The van der Waals surface area contributed by atoms with Crippen LogP contribution in [0.15, 0.2) is 53.5 Å². The Morgan fingerprint density at radius 1 is 1.11 bits per heavy atom. The van der Waals surface area contributed by atoms with E-state index in [1.54, 1.807) is 26.3 Å². The van der Waals surface area contributed by atoms with Crippen molar-refractivity contribution >= 4 is 17.3 Å². The number of rotatable bonds is 5. The summed E-state index contributed by atoms with van der Waals surface area (Å²) in [6.07, 6.45) is 0. The van der Waals surface area contributed by atoms with E-state index in [1.807, 2.05) is 12.1 Å². The molecule has 0 bridgehead atoms. The van der Waals surface area contributed by atoms with Crippen LogP contribution in [0.1, 0.15) is 5.56 Å². The zero-order chi connectivity index (χ0) is 19.9. The van der Waals surface area contributed by atoms with Crippen LogP contribution in [0, 0.1) is 10.1 Å². The van der Waals surface area contributed by atoms with Crippen molar-refractivity contribution in [1.82, 2.24) is 10.2 Å². The van der Waals surface area contributed by atoms with Crippen LogP contribution in [0.2, 0.25) is 0 Å². The second-order valence-corrected chi connectivity index (χ2v) is 6.50. The number of nitrogens with one attached hydrogen (secondary N) is 1. The van der Waals surface area contributed by atoms with E-state index < -0.39 is 4.92 Å². The molecule has 0 amide bonds. The number of methoxy groups -OCH3 is 1. The predicted octanol–water partition coefficient (Wildman–Crippen LogP) is 2.50. The van der Waals surface area contributed by atoms with E-state index in [0.717, 1.165) is 43.5 Å². The van der Waals surface area contributed by atoms with Crippen LogP contribution in [0.5, 0.6) is 5.75 Å². The number of non-ortho nitro benzene ring substituents is 1. The average molecular weight is 383 g/mol. The number of ether oxygens (including phenoxy) is 1. The van der Waals surface area contributed by atoms with Gasteiger partial charge < -0.3 is 19.9 Å². The number of hydrogen-bond acceptors (Lipinski definition) is 5. The van der Waals surface area contributed by atoms with Crippen molar-refractivity contribution in [1.29, 1.82) is 0 Å². The quantitative estimate of drug-likeness (QED) is 0.370. The van der Waals surface area contributed by atoms with Crippen LogP contribution in [0.4, 0.5) is 11.4 Å². The van der Waals surface area contributed by atoms with Gasteiger partial charge in [-0.3, -0.25) is 15.1 Å². The summed E-state index contributed by atoms with van der Waals surface area (Å²) < 4.78 is 5.22. The summed E-state index contributed by atoms with van der Waals surface area (Å²) in [5.74, 6) is 1.70. The maximum atomic E-state index is 10.7. The van der Waals surface area contributed by atoms with Crippen LogP contribution in [0.3, 0.4) is 0 Å². The molecule has 1 heterocycles. The van der Waals surface area contributed by atoms with E-state index >= 15 is 0 Å². The number of nitrogens with zero attached hydrogens (tertiary/aromatic N) is 4. The molecule has 1 saturated heterocycles. The van der Waals surface area contributed by atoms with Crippen molar-refractivity contribution in [2.75, 3.05) is 45.2 Å². The zero-order valence-electron chi connectivity index (χ0n) is 16.2. The molecule has 8 nitrogen and oxygen atoms in total. The van der Waals surface area contributed by atoms with Crippen LogP contribution in [-0.4, -0.2) is 56.1 Å². The Morgan fingerprint density at radius 2 is 1.75 bits per heavy atom. The molecule has 1 aliphatic heterocycles. The minimum atomic E-state index is -0.390. The smallest absolute Gasteiger partial charge is 0.269 e. The Hall–Kier alpha value is -3.29. The Labute approximate surface area is 164 Å². The molecule has 148 valence electrons. The number of guanidine groups is 1. The maximum Gasteiger partial charge on any atom is 0.269 e. The number of piperazine rings is 1. The summed E-state index contributed by atoms with van der Waals surface area (Å²) in [6.45, 7) is 4.12. The third-order valence-electron chi connectivity index (χ3n) is 4.83. The number of nitro groups is 1. The fourth-order valence-electron chi connectivity index (χ4n) is 3.22. The highest BCUT2D eigenvalue weighted by Gasteiger charge is 2.19. The van der Waals surface area contributed by atoms with E-state index in [9.17, 15) is 10.1 Å². The van der Waals surface area contributed by atoms with Crippen LogP contribution >= 0.6 is 0 Å². The van der Waals surface area contributed by atoms with Crippen LogP contribution < -0.4 is 15.0 Å². The third kappa shape index (κ3) is 4.70. The molecule has 2 aromatic carbocycles.